The van der Waals surface area contributed by atoms with Gasteiger partial charge in [0.1, 0.15) is 5.75 Å². The molecule has 8 nitrogen and oxygen atoms in total. The number of piperidine rings is 1. The molecule has 1 fully saturated rings. The first-order valence-corrected chi connectivity index (χ1v) is 11.1. The number of unbranched alkanes of at least 4 members (excludes halogenated alkanes) is 2. The number of esters is 1. The standard InChI is InChI=1S/C22H34ClN3O5/c1-4-31-21(27)8-6-5-7-10-26-11-9-18(20(14-26)30-3)25-22(28)15-12-16(23)17(24)13-19(15)29-2/h12-13,18,20H,4-11,14,24H2,1-3H3,(H,25,28). The van der Waals surface area contributed by atoms with Crippen LogP contribution in [-0.2, 0) is 14.3 Å². The number of nitrogens with one attached hydrogen (secondary N) is 1. The third-order valence-electron chi connectivity index (χ3n) is 5.49. The monoisotopic (exact) mass is 455 g/mol. The molecule has 2 unspecified atom stereocenters. The Kier molecular flexibility index (Phi) is 10.4. The summed E-state index contributed by atoms with van der Waals surface area (Å²) in [5.41, 5.74) is 6.51. The lowest BCUT2D eigenvalue weighted by molar-refractivity contribution is -0.143. The van der Waals surface area contributed by atoms with E-state index in [1.165, 1.54) is 13.2 Å². The molecule has 31 heavy (non-hydrogen) atoms. The van der Waals surface area contributed by atoms with Gasteiger partial charge in [0.05, 0.1) is 42.1 Å². The van der Waals surface area contributed by atoms with E-state index in [2.05, 4.69) is 10.2 Å². The lowest BCUT2D eigenvalue weighted by Crippen LogP contribution is -2.54. The van der Waals surface area contributed by atoms with Gasteiger partial charge in [0.25, 0.3) is 5.91 Å². The van der Waals surface area contributed by atoms with Crippen LogP contribution >= 0.6 is 11.6 Å². The molecule has 3 N–H and O–H groups in total. The minimum Gasteiger partial charge on any atom is -0.496 e. The zero-order valence-electron chi connectivity index (χ0n) is 18.6. The number of nitrogen functional groups attached to an aromatic ring is 1. The van der Waals surface area contributed by atoms with Crippen LogP contribution in [0.2, 0.25) is 5.02 Å². The van der Waals surface area contributed by atoms with Gasteiger partial charge in [-0.15, -0.1) is 0 Å². The summed E-state index contributed by atoms with van der Waals surface area (Å²) in [5, 5.41) is 3.37. The molecule has 0 saturated carbocycles. The molecule has 1 aromatic carbocycles. The second-order valence-corrected chi connectivity index (χ2v) is 8.04. The maximum Gasteiger partial charge on any atom is 0.305 e. The number of ether oxygens (including phenoxy) is 3. The second-order valence-electron chi connectivity index (χ2n) is 7.63. The maximum absolute atomic E-state index is 12.8. The number of halogens is 1. The topological polar surface area (TPSA) is 103 Å². The third-order valence-corrected chi connectivity index (χ3v) is 5.81. The molecule has 1 amide bonds. The molecule has 0 radical (unpaired) electrons. The van der Waals surface area contributed by atoms with E-state index in [0.717, 1.165) is 45.3 Å². The minimum atomic E-state index is -0.266. The maximum atomic E-state index is 12.8. The predicted molar refractivity (Wildman–Crippen MR) is 121 cm³/mol. The predicted octanol–water partition coefficient (Wildman–Crippen LogP) is 2.87. The number of hydrogen-bond acceptors (Lipinski definition) is 7. The van der Waals surface area contributed by atoms with Crippen molar-refractivity contribution in [3.63, 3.8) is 0 Å². The normalized spacial score (nSPS) is 19.1. The number of benzene rings is 1. The van der Waals surface area contributed by atoms with Crippen LogP contribution < -0.4 is 15.8 Å². The molecule has 9 heteroatoms. The number of methoxy groups -OCH3 is 2. The van der Waals surface area contributed by atoms with Gasteiger partial charge in [-0.05, 0) is 38.8 Å². The Bertz CT molecular complexity index is 746. The fraction of sp³-hybridized carbons (Fsp3) is 0.636. The second kappa shape index (κ2) is 12.7. The molecule has 0 aliphatic carbocycles. The molecule has 0 aromatic heterocycles. The summed E-state index contributed by atoms with van der Waals surface area (Å²) in [7, 11) is 3.15. The van der Waals surface area contributed by atoms with Crippen molar-refractivity contribution < 1.29 is 23.8 Å². The Morgan fingerprint density at radius 3 is 2.71 bits per heavy atom. The average Bonchev–Trinajstić information content (AvgIpc) is 2.75. The van der Waals surface area contributed by atoms with Crippen molar-refractivity contribution in [1.82, 2.24) is 10.2 Å². The zero-order valence-corrected chi connectivity index (χ0v) is 19.4. The first-order chi connectivity index (χ1) is 14.9. The number of amides is 1. The molecular formula is C22H34ClN3O5. The van der Waals surface area contributed by atoms with Crippen molar-refractivity contribution in [2.45, 2.75) is 51.2 Å². The van der Waals surface area contributed by atoms with Crippen LogP contribution in [0.1, 0.15) is 49.4 Å². The van der Waals surface area contributed by atoms with Gasteiger partial charge in [-0.1, -0.05) is 18.0 Å². The highest BCUT2D eigenvalue weighted by atomic mass is 35.5. The Morgan fingerprint density at radius 1 is 1.26 bits per heavy atom. The number of anilines is 1. The molecule has 1 heterocycles. The molecule has 0 spiro atoms. The number of rotatable bonds is 11. The van der Waals surface area contributed by atoms with E-state index in [1.54, 1.807) is 13.2 Å². The number of nitrogens with two attached hydrogens (primary N) is 1. The minimum absolute atomic E-state index is 0.112. The van der Waals surface area contributed by atoms with Crippen molar-refractivity contribution >= 4 is 29.2 Å². The van der Waals surface area contributed by atoms with E-state index in [-0.39, 0.29) is 24.0 Å². The average molecular weight is 456 g/mol. The van der Waals surface area contributed by atoms with E-state index in [9.17, 15) is 9.59 Å². The van der Waals surface area contributed by atoms with E-state index in [4.69, 9.17) is 31.5 Å². The first-order valence-electron chi connectivity index (χ1n) is 10.7. The smallest absolute Gasteiger partial charge is 0.305 e. The lowest BCUT2D eigenvalue weighted by atomic mass is 10.00. The van der Waals surface area contributed by atoms with Gasteiger partial charge in [0, 0.05) is 32.7 Å². The van der Waals surface area contributed by atoms with Gasteiger partial charge in [-0.2, -0.15) is 0 Å². The molecule has 174 valence electrons. The molecule has 2 atom stereocenters. The number of hydrogen-bond donors (Lipinski definition) is 2. The van der Waals surface area contributed by atoms with Gasteiger partial charge < -0.3 is 30.2 Å². The van der Waals surface area contributed by atoms with Crippen LogP contribution in [0, 0.1) is 0 Å². The van der Waals surface area contributed by atoms with Crippen molar-refractivity contribution in [2.75, 3.05) is 46.2 Å². The SMILES string of the molecule is CCOC(=O)CCCCCN1CCC(NC(=O)c2cc(Cl)c(N)cc2OC)C(OC)C1. The highest BCUT2D eigenvalue weighted by Gasteiger charge is 2.31. The Balaban J connectivity index is 1.83. The molecule has 2 rings (SSSR count). The van der Waals surface area contributed by atoms with Gasteiger partial charge in [-0.25, -0.2) is 0 Å². The molecule has 1 aromatic rings. The summed E-state index contributed by atoms with van der Waals surface area (Å²) in [6, 6.07) is 2.96. The van der Waals surface area contributed by atoms with Crippen molar-refractivity contribution in [3.05, 3.63) is 22.7 Å². The van der Waals surface area contributed by atoms with Gasteiger partial charge in [-0.3, -0.25) is 9.59 Å². The Morgan fingerprint density at radius 2 is 2.03 bits per heavy atom. The van der Waals surface area contributed by atoms with E-state index < -0.39 is 0 Å². The molecule has 1 saturated heterocycles. The summed E-state index contributed by atoms with van der Waals surface area (Å²) >= 11 is 6.09. The van der Waals surface area contributed by atoms with Crippen LogP contribution in [0.4, 0.5) is 5.69 Å². The number of carbonyl (C=O) groups is 2. The van der Waals surface area contributed by atoms with Crippen LogP contribution in [-0.4, -0.2) is 69.4 Å². The fourth-order valence-electron chi connectivity index (χ4n) is 3.76. The van der Waals surface area contributed by atoms with Crippen molar-refractivity contribution in [1.29, 1.82) is 0 Å². The summed E-state index contributed by atoms with van der Waals surface area (Å²) in [5.74, 6) is -0.00985. The third kappa shape index (κ3) is 7.55. The highest BCUT2D eigenvalue weighted by molar-refractivity contribution is 6.33. The number of carbonyl (C=O) groups excluding carboxylic acids is 2. The number of nitrogens with zero attached hydrogens (tertiary/aromatic N) is 1. The first kappa shape index (κ1) is 25.2. The van der Waals surface area contributed by atoms with Crippen LogP contribution in [0.5, 0.6) is 5.75 Å². The lowest BCUT2D eigenvalue weighted by Gasteiger charge is -2.38. The van der Waals surface area contributed by atoms with Gasteiger partial charge in [0.15, 0.2) is 0 Å². The van der Waals surface area contributed by atoms with E-state index in [0.29, 0.717) is 35.1 Å². The fourth-order valence-corrected chi connectivity index (χ4v) is 3.93. The summed E-state index contributed by atoms with van der Waals surface area (Å²) in [6.07, 6.45) is 3.95. The summed E-state index contributed by atoms with van der Waals surface area (Å²) in [6.45, 7) is 4.78. The largest absolute Gasteiger partial charge is 0.496 e. The molecule has 1 aliphatic heterocycles. The van der Waals surface area contributed by atoms with Crippen molar-refractivity contribution in [2.24, 2.45) is 0 Å². The highest BCUT2D eigenvalue weighted by Crippen LogP contribution is 2.29. The Hall–Kier alpha value is -2.03. The van der Waals surface area contributed by atoms with Crippen LogP contribution in [0.25, 0.3) is 0 Å². The summed E-state index contributed by atoms with van der Waals surface area (Å²) in [4.78, 5) is 26.6. The summed E-state index contributed by atoms with van der Waals surface area (Å²) < 4.78 is 15.9. The molecule has 1 aliphatic rings. The van der Waals surface area contributed by atoms with Gasteiger partial charge in [0.2, 0.25) is 0 Å². The van der Waals surface area contributed by atoms with E-state index >= 15 is 0 Å². The van der Waals surface area contributed by atoms with Gasteiger partial charge >= 0.3 is 5.97 Å². The van der Waals surface area contributed by atoms with Crippen LogP contribution in [0.3, 0.4) is 0 Å². The molecular weight excluding hydrogens is 422 g/mol. The van der Waals surface area contributed by atoms with Crippen molar-refractivity contribution in [3.8, 4) is 5.75 Å². The zero-order chi connectivity index (χ0) is 22.8. The number of likely N-dealkylation sites (tertiary alicyclic amines) is 1. The quantitative estimate of drug-likeness (QED) is 0.300. The Labute approximate surface area is 189 Å². The van der Waals surface area contributed by atoms with E-state index in [1.807, 2.05) is 6.92 Å². The van der Waals surface area contributed by atoms with Crippen LogP contribution in [0.15, 0.2) is 12.1 Å². The molecule has 0 bridgehead atoms.